The van der Waals surface area contributed by atoms with E-state index in [1.54, 1.807) is 20.8 Å². The molecule has 0 heterocycles. The van der Waals surface area contributed by atoms with E-state index < -0.39 is 42.6 Å². The molecule has 0 aromatic heterocycles. The van der Waals surface area contributed by atoms with Gasteiger partial charge in [-0.1, -0.05) is 96.8 Å². The van der Waals surface area contributed by atoms with Crippen LogP contribution in [0.1, 0.15) is 137 Å². The lowest BCUT2D eigenvalue weighted by atomic mass is 9.97. The van der Waals surface area contributed by atoms with Gasteiger partial charge in [-0.15, -0.1) is 0 Å². The Bertz CT molecular complexity index is 632. The van der Waals surface area contributed by atoms with Gasteiger partial charge in [-0.05, 0) is 34.1 Å². The highest BCUT2D eigenvalue weighted by molar-refractivity contribution is 5.66. The molecule has 0 saturated carbocycles. The Morgan fingerprint density at radius 1 is 0.636 bits per heavy atom. The molecule has 0 radical (unpaired) electrons. The van der Waals surface area contributed by atoms with Gasteiger partial charge in [0.2, 0.25) is 0 Å². The molecule has 0 aliphatic heterocycles. The van der Waals surface area contributed by atoms with Gasteiger partial charge in [0.1, 0.15) is 18.3 Å². The molecular formula is C32H66O12. The van der Waals surface area contributed by atoms with Crippen LogP contribution in [-0.2, 0) is 28.8 Å². The molecule has 12 nitrogen and oxygen atoms in total. The van der Waals surface area contributed by atoms with Crippen LogP contribution in [0.5, 0.6) is 0 Å². The van der Waals surface area contributed by atoms with Crippen molar-refractivity contribution in [3.05, 3.63) is 0 Å². The van der Waals surface area contributed by atoms with E-state index in [9.17, 15) is 25.2 Å². The standard InChI is InChI=1S/C18H36O2.C14H30O10/c1-2-3-4-5-6-7-8-9-10-11-12-13-14-15-16-17-18(19)20;1-5-20-13(19,12(18)11(17)10(16)9-15)14(21-6-2,22-7-3)24-23-8-4/h2-17H2,1H3,(H,19,20);10-12,15-19H,5-9H2,1-4H3. The number of carbonyl (C=O) groups is 1. The number of carboxylic acids is 1. The lowest BCUT2D eigenvalue weighted by Crippen LogP contribution is -2.70. The zero-order valence-corrected chi connectivity index (χ0v) is 28.2. The van der Waals surface area contributed by atoms with E-state index in [1.165, 1.54) is 90.4 Å². The van der Waals surface area contributed by atoms with E-state index in [2.05, 4.69) is 6.92 Å². The van der Waals surface area contributed by atoms with Gasteiger partial charge in [-0.3, -0.25) is 4.79 Å². The monoisotopic (exact) mass is 642 g/mol. The van der Waals surface area contributed by atoms with Gasteiger partial charge in [0.05, 0.1) is 13.2 Å². The second-order valence-corrected chi connectivity index (χ2v) is 10.8. The van der Waals surface area contributed by atoms with Crippen LogP contribution in [0.15, 0.2) is 0 Å². The second kappa shape index (κ2) is 29.5. The van der Waals surface area contributed by atoms with Crippen LogP contribution in [0.3, 0.4) is 0 Å². The number of rotatable bonds is 30. The molecule has 0 rings (SSSR count). The van der Waals surface area contributed by atoms with E-state index in [1.807, 2.05) is 0 Å². The van der Waals surface area contributed by atoms with Crippen molar-refractivity contribution in [1.29, 1.82) is 0 Å². The molecule has 0 saturated heterocycles. The Labute approximate surface area is 265 Å². The Balaban J connectivity index is 0. The van der Waals surface area contributed by atoms with Crippen molar-refractivity contribution in [1.82, 2.24) is 0 Å². The minimum absolute atomic E-state index is 0.0339. The lowest BCUT2D eigenvalue weighted by Gasteiger charge is -2.46. The molecule has 0 aliphatic carbocycles. The fourth-order valence-corrected chi connectivity index (χ4v) is 4.65. The molecule has 12 heteroatoms. The largest absolute Gasteiger partial charge is 0.481 e. The summed E-state index contributed by atoms with van der Waals surface area (Å²) in [6.45, 7) is 7.52. The number of carboxylic acid groups (broad SMARTS) is 1. The summed E-state index contributed by atoms with van der Waals surface area (Å²) in [6.07, 6.45) is 14.3. The first-order valence-electron chi connectivity index (χ1n) is 16.9. The normalized spacial score (nSPS) is 15.2. The Kier molecular flexibility index (Phi) is 30.3. The SMILES string of the molecule is CCCCCCCCCCCCCCCCCC(=O)O.CCOOC(OCC)(OCC)C(O)(OCC)C(O)C(O)C(O)CO. The first kappa shape index (κ1) is 45.2. The van der Waals surface area contributed by atoms with Crippen molar-refractivity contribution < 1.29 is 59.4 Å². The van der Waals surface area contributed by atoms with Crippen LogP contribution in [0.4, 0.5) is 0 Å². The lowest BCUT2D eigenvalue weighted by molar-refractivity contribution is -0.580. The topological polar surface area (TPSA) is 185 Å². The molecular weight excluding hydrogens is 576 g/mol. The van der Waals surface area contributed by atoms with Crippen molar-refractivity contribution in [2.75, 3.05) is 33.0 Å². The average molecular weight is 643 g/mol. The van der Waals surface area contributed by atoms with Gasteiger partial charge in [0.15, 0.2) is 0 Å². The molecule has 0 aromatic rings. The minimum Gasteiger partial charge on any atom is -0.481 e. The molecule has 0 spiro atoms. The fourth-order valence-electron chi connectivity index (χ4n) is 4.65. The van der Waals surface area contributed by atoms with Gasteiger partial charge in [-0.25, -0.2) is 4.89 Å². The van der Waals surface area contributed by atoms with Crippen molar-refractivity contribution in [2.45, 2.75) is 167 Å². The predicted octanol–water partition coefficient (Wildman–Crippen LogP) is 4.81. The van der Waals surface area contributed by atoms with Crippen LogP contribution >= 0.6 is 0 Å². The Morgan fingerprint density at radius 2 is 1.05 bits per heavy atom. The Hall–Kier alpha value is -0.930. The summed E-state index contributed by atoms with van der Waals surface area (Å²) < 4.78 is 15.8. The van der Waals surface area contributed by atoms with E-state index in [0.29, 0.717) is 6.42 Å². The maximum Gasteiger partial charge on any atom is 0.370 e. The number of aliphatic carboxylic acids is 1. The number of hydrogen-bond donors (Lipinski definition) is 6. The first-order valence-corrected chi connectivity index (χ1v) is 16.9. The van der Waals surface area contributed by atoms with Crippen molar-refractivity contribution in [3.8, 4) is 0 Å². The minimum atomic E-state index is -2.78. The molecule has 0 aliphatic rings. The molecule has 0 aromatic carbocycles. The summed E-state index contributed by atoms with van der Waals surface area (Å²) >= 11 is 0. The van der Waals surface area contributed by atoms with Crippen molar-refractivity contribution in [3.63, 3.8) is 0 Å². The van der Waals surface area contributed by atoms with Crippen LogP contribution in [0.25, 0.3) is 0 Å². The highest BCUT2D eigenvalue weighted by atomic mass is 17.3. The third-order valence-electron chi connectivity index (χ3n) is 7.06. The fraction of sp³-hybridized carbons (Fsp3) is 0.969. The molecule has 4 unspecified atom stereocenters. The summed E-state index contributed by atoms with van der Waals surface area (Å²) in [6, 6.07) is 0. The molecule has 0 bridgehead atoms. The maximum absolute atomic E-state index is 10.9. The van der Waals surface area contributed by atoms with Crippen LogP contribution in [0.2, 0.25) is 0 Å². The van der Waals surface area contributed by atoms with E-state index >= 15 is 0 Å². The Morgan fingerprint density at radius 3 is 1.39 bits per heavy atom. The molecule has 0 amide bonds. The maximum atomic E-state index is 10.9. The van der Waals surface area contributed by atoms with Gasteiger partial charge in [0, 0.05) is 26.2 Å². The van der Waals surface area contributed by atoms with Crippen LogP contribution < -0.4 is 0 Å². The van der Waals surface area contributed by atoms with Crippen molar-refractivity contribution in [2.24, 2.45) is 0 Å². The van der Waals surface area contributed by atoms with Crippen LogP contribution in [-0.4, -0.2) is 99.7 Å². The first-order chi connectivity index (χ1) is 21.1. The molecule has 0 fully saturated rings. The summed E-state index contributed by atoms with van der Waals surface area (Å²) in [5.74, 6) is -5.88. The summed E-state index contributed by atoms with van der Waals surface area (Å²) in [4.78, 5) is 20.2. The molecule has 4 atom stereocenters. The summed E-state index contributed by atoms with van der Waals surface area (Å²) in [7, 11) is 0. The highest BCUT2D eigenvalue weighted by Gasteiger charge is 2.64. The van der Waals surface area contributed by atoms with E-state index in [4.69, 9.17) is 34.2 Å². The zero-order valence-electron chi connectivity index (χ0n) is 28.2. The predicted molar refractivity (Wildman–Crippen MR) is 168 cm³/mol. The summed E-state index contributed by atoms with van der Waals surface area (Å²) in [5, 5.41) is 58.3. The van der Waals surface area contributed by atoms with E-state index in [0.717, 1.165) is 12.8 Å². The number of hydrogen-bond acceptors (Lipinski definition) is 11. The smallest absolute Gasteiger partial charge is 0.370 e. The number of unbranched alkanes of at least 4 members (excludes halogenated alkanes) is 14. The van der Waals surface area contributed by atoms with E-state index in [-0.39, 0.29) is 26.4 Å². The quantitative estimate of drug-likeness (QED) is 0.0272. The number of ether oxygens (including phenoxy) is 3. The van der Waals surface area contributed by atoms with Gasteiger partial charge >= 0.3 is 11.9 Å². The van der Waals surface area contributed by atoms with Crippen molar-refractivity contribution >= 4 is 5.97 Å². The number of aliphatic hydroxyl groups excluding tert-OH is 4. The molecule has 6 N–H and O–H groups in total. The zero-order chi connectivity index (χ0) is 33.7. The van der Waals surface area contributed by atoms with Crippen LogP contribution in [0, 0.1) is 0 Å². The molecule has 44 heavy (non-hydrogen) atoms. The third kappa shape index (κ3) is 19.6. The highest BCUT2D eigenvalue weighted by Crippen LogP contribution is 2.36. The molecule has 266 valence electrons. The van der Waals surface area contributed by atoms with Gasteiger partial charge in [0.25, 0.3) is 5.79 Å². The second-order valence-electron chi connectivity index (χ2n) is 10.8. The van der Waals surface area contributed by atoms with Gasteiger partial charge < -0.3 is 44.8 Å². The summed E-state index contributed by atoms with van der Waals surface area (Å²) in [5.41, 5.74) is 0. The number of aliphatic hydroxyl groups is 5. The average Bonchev–Trinajstić information content (AvgIpc) is 3.01. The van der Waals surface area contributed by atoms with Gasteiger partial charge in [-0.2, -0.15) is 4.89 Å². The third-order valence-corrected chi connectivity index (χ3v) is 7.06.